The van der Waals surface area contributed by atoms with E-state index in [-0.39, 0.29) is 12.1 Å². The van der Waals surface area contributed by atoms with E-state index >= 15 is 0 Å². The van der Waals surface area contributed by atoms with Gasteiger partial charge in [0, 0.05) is 31.7 Å². The molecule has 1 heterocycles. The Labute approximate surface area is 151 Å². The van der Waals surface area contributed by atoms with Gasteiger partial charge in [-0.05, 0) is 24.0 Å². The summed E-state index contributed by atoms with van der Waals surface area (Å²) in [5.74, 6) is 0. The summed E-state index contributed by atoms with van der Waals surface area (Å²) in [7, 11) is 0. The van der Waals surface area contributed by atoms with E-state index in [0.717, 1.165) is 38.9 Å². The van der Waals surface area contributed by atoms with Crippen molar-refractivity contribution in [1.29, 1.82) is 0 Å². The second kappa shape index (κ2) is 9.14. The van der Waals surface area contributed by atoms with E-state index in [1.807, 2.05) is 0 Å². The van der Waals surface area contributed by atoms with E-state index in [2.05, 4.69) is 77.8 Å². The highest BCUT2D eigenvalue weighted by atomic mass is 16.3. The van der Waals surface area contributed by atoms with Gasteiger partial charge in [-0.15, -0.1) is 0 Å². The average Bonchev–Trinajstić information content (AvgIpc) is 2.65. The van der Waals surface area contributed by atoms with Gasteiger partial charge < -0.3 is 10.4 Å². The summed E-state index contributed by atoms with van der Waals surface area (Å²) in [5, 5.41) is 14.3. The van der Waals surface area contributed by atoms with Crippen LogP contribution in [-0.4, -0.2) is 35.2 Å². The Hall–Kier alpha value is -1.68. The first-order chi connectivity index (χ1) is 12.3. The number of nitrogens with one attached hydrogen (secondary N) is 1. The average molecular weight is 338 g/mol. The highest BCUT2D eigenvalue weighted by Crippen LogP contribution is 2.22. The normalized spacial score (nSPS) is 22.6. The van der Waals surface area contributed by atoms with Gasteiger partial charge in [0.1, 0.15) is 0 Å². The molecule has 134 valence electrons. The number of hydrogen-bond acceptors (Lipinski definition) is 3. The molecule has 0 amide bonds. The minimum Gasteiger partial charge on any atom is -0.391 e. The molecule has 0 aromatic heterocycles. The van der Waals surface area contributed by atoms with Crippen LogP contribution in [0.3, 0.4) is 0 Å². The Morgan fingerprint density at radius 2 is 1.76 bits per heavy atom. The predicted octanol–water partition coefficient (Wildman–Crippen LogP) is 3.75. The highest BCUT2D eigenvalue weighted by Gasteiger charge is 2.29. The van der Waals surface area contributed by atoms with Crippen LogP contribution in [0.5, 0.6) is 0 Å². The van der Waals surface area contributed by atoms with Crippen LogP contribution in [0.15, 0.2) is 60.7 Å². The minimum atomic E-state index is -0.268. The summed E-state index contributed by atoms with van der Waals surface area (Å²) in [6, 6.07) is 21.6. The lowest BCUT2D eigenvalue weighted by Crippen LogP contribution is -2.54. The van der Waals surface area contributed by atoms with Crippen molar-refractivity contribution >= 4 is 0 Å². The number of nitrogens with zero attached hydrogens (tertiary/aromatic N) is 1. The largest absolute Gasteiger partial charge is 0.391 e. The van der Waals surface area contributed by atoms with Crippen molar-refractivity contribution in [1.82, 2.24) is 10.2 Å². The maximum atomic E-state index is 10.5. The van der Waals surface area contributed by atoms with Gasteiger partial charge in [-0.1, -0.05) is 74.0 Å². The highest BCUT2D eigenvalue weighted by molar-refractivity contribution is 5.19. The fourth-order valence-corrected chi connectivity index (χ4v) is 3.73. The zero-order valence-corrected chi connectivity index (χ0v) is 15.1. The minimum absolute atomic E-state index is 0.120. The van der Waals surface area contributed by atoms with Crippen molar-refractivity contribution in [3.05, 3.63) is 71.8 Å². The van der Waals surface area contributed by atoms with Gasteiger partial charge >= 0.3 is 0 Å². The van der Waals surface area contributed by atoms with Crippen LogP contribution in [0.25, 0.3) is 0 Å². The molecule has 2 aromatic carbocycles. The van der Waals surface area contributed by atoms with Gasteiger partial charge in [-0.3, -0.25) is 4.90 Å². The van der Waals surface area contributed by atoms with Gasteiger partial charge in [-0.2, -0.15) is 0 Å². The summed E-state index contributed by atoms with van der Waals surface area (Å²) in [4.78, 5) is 2.45. The van der Waals surface area contributed by atoms with Gasteiger partial charge in [0.2, 0.25) is 0 Å². The molecule has 1 aliphatic heterocycles. The lowest BCUT2D eigenvalue weighted by molar-refractivity contribution is 0.0390. The van der Waals surface area contributed by atoms with E-state index < -0.39 is 0 Å². The molecule has 3 rings (SSSR count). The summed E-state index contributed by atoms with van der Waals surface area (Å²) in [6.45, 7) is 5.02. The molecule has 1 fully saturated rings. The second-order valence-corrected chi connectivity index (χ2v) is 7.10. The summed E-state index contributed by atoms with van der Waals surface area (Å²) >= 11 is 0. The third kappa shape index (κ3) is 5.15. The molecule has 25 heavy (non-hydrogen) atoms. The lowest BCUT2D eigenvalue weighted by Gasteiger charge is -2.38. The number of likely N-dealkylation sites (tertiary alicyclic amines) is 1. The third-order valence-electron chi connectivity index (χ3n) is 5.10. The Morgan fingerprint density at radius 3 is 2.44 bits per heavy atom. The molecule has 2 N–H and O–H groups in total. The molecule has 0 bridgehead atoms. The maximum absolute atomic E-state index is 10.5. The smallest absolute Gasteiger partial charge is 0.0718 e. The van der Waals surface area contributed by atoms with E-state index in [9.17, 15) is 5.11 Å². The zero-order chi connectivity index (χ0) is 17.5. The number of piperidine rings is 1. The zero-order valence-electron chi connectivity index (χ0n) is 15.1. The Bertz CT molecular complexity index is 616. The monoisotopic (exact) mass is 338 g/mol. The van der Waals surface area contributed by atoms with Crippen molar-refractivity contribution in [2.24, 2.45) is 0 Å². The van der Waals surface area contributed by atoms with Crippen LogP contribution < -0.4 is 5.32 Å². The van der Waals surface area contributed by atoms with Crippen molar-refractivity contribution in [2.75, 3.05) is 13.1 Å². The van der Waals surface area contributed by atoms with Crippen LogP contribution >= 0.6 is 0 Å². The van der Waals surface area contributed by atoms with E-state index in [1.165, 1.54) is 11.1 Å². The number of hydrogen-bond donors (Lipinski definition) is 2. The van der Waals surface area contributed by atoms with Crippen LogP contribution in [0.2, 0.25) is 0 Å². The molecule has 0 spiro atoms. The summed E-state index contributed by atoms with van der Waals surface area (Å²) in [6.07, 6.45) is 2.78. The van der Waals surface area contributed by atoms with Crippen molar-refractivity contribution in [3.8, 4) is 0 Å². The Balaban J connectivity index is 1.64. The first kappa shape index (κ1) is 18.1. The molecule has 0 aliphatic carbocycles. The predicted molar refractivity (Wildman–Crippen MR) is 103 cm³/mol. The van der Waals surface area contributed by atoms with Crippen molar-refractivity contribution < 1.29 is 5.11 Å². The summed E-state index contributed by atoms with van der Waals surface area (Å²) in [5.41, 5.74) is 2.66. The van der Waals surface area contributed by atoms with E-state index in [0.29, 0.717) is 6.04 Å². The van der Waals surface area contributed by atoms with Gasteiger partial charge in [0.15, 0.2) is 0 Å². The molecule has 0 radical (unpaired) electrons. The molecule has 0 saturated carbocycles. The van der Waals surface area contributed by atoms with Gasteiger partial charge in [-0.25, -0.2) is 0 Å². The topological polar surface area (TPSA) is 35.5 Å². The molecule has 1 unspecified atom stereocenters. The van der Waals surface area contributed by atoms with Crippen molar-refractivity contribution in [3.63, 3.8) is 0 Å². The quantitative estimate of drug-likeness (QED) is 0.807. The molecule has 3 nitrogen and oxygen atoms in total. The number of aliphatic hydroxyl groups is 1. The molecule has 3 heteroatoms. The fourth-order valence-electron chi connectivity index (χ4n) is 3.73. The van der Waals surface area contributed by atoms with Crippen LogP contribution in [0.4, 0.5) is 0 Å². The molecule has 3 atom stereocenters. The number of benzene rings is 2. The first-order valence-corrected chi connectivity index (χ1v) is 9.51. The Kier molecular flexibility index (Phi) is 6.62. The number of aliphatic hydroxyl groups excluding tert-OH is 1. The van der Waals surface area contributed by atoms with Crippen LogP contribution in [0.1, 0.15) is 43.4 Å². The molecular formula is C22H30N2O. The van der Waals surface area contributed by atoms with E-state index in [1.54, 1.807) is 0 Å². The molecule has 1 aliphatic rings. The SMILES string of the molecule is CCCC(N[C@@H]1CN(Cc2ccccc2)CC[C@H]1O)c1ccccc1. The molecular weight excluding hydrogens is 308 g/mol. The number of rotatable bonds is 7. The standard InChI is InChI=1S/C22H30N2O/c1-2-9-20(19-12-7-4-8-13-19)23-21-17-24(15-14-22(21)25)16-18-10-5-3-6-11-18/h3-8,10-13,20-23,25H,2,9,14-17H2,1H3/t20?,21-,22-/m1/s1. The maximum Gasteiger partial charge on any atom is 0.0718 e. The van der Waals surface area contributed by atoms with Crippen molar-refractivity contribution in [2.45, 2.75) is 50.9 Å². The Morgan fingerprint density at radius 1 is 1.08 bits per heavy atom. The fraction of sp³-hybridized carbons (Fsp3) is 0.455. The summed E-state index contributed by atoms with van der Waals surface area (Å²) < 4.78 is 0. The second-order valence-electron chi connectivity index (χ2n) is 7.10. The van der Waals surface area contributed by atoms with E-state index in [4.69, 9.17) is 0 Å². The first-order valence-electron chi connectivity index (χ1n) is 9.51. The third-order valence-corrected chi connectivity index (χ3v) is 5.10. The lowest BCUT2D eigenvalue weighted by atomic mass is 9.96. The van der Waals surface area contributed by atoms with Crippen LogP contribution in [-0.2, 0) is 6.54 Å². The molecule has 1 saturated heterocycles. The van der Waals surface area contributed by atoms with Gasteiger partial charge in [0.25, 0.3) is 0 Å². The van der Waals surface area contributed by atoms with Gasteiger partial charge in [0.05, 0.1) is 6.10 Å². The van der Waals surface area contributed by atoms with Crippen LogP contribution in [0, 0.1) is 0 Å². The molecule has 2 aromatic rings.